The number of halogens is 6. The second-order valence-corrected chi connectivity index (χ2v) is 10.1. The molecule has 0 bridgehead atoms. The lowest BCUT2D eigenvalue weighted by atomic mass is 9.84. The van der Waals surface area contributed by atoms with Gasteiger partial charge in [0.2, 0.25) is 3.79 Å². The van der Waals surface area contributed by atoms with Gasteiger partial charge in [-0.3, -0.25) is 9.59 Å². The van der Waals surface area contributed by atoms with Crippen molar-refractivity contribution < 1.29 is 19.1 Å². The molecule has 1 aliphatic carbocycles. The summed E-state index contributed by atoms with van der Waals surface area (Å²) < 4.78 is 6.58. The van der Waals surface area contributed by atoms with Crippen LogP contribution in [0.2, 0.25) is 0 Å². The van der Waals surface area contributed by atoms with Gasteiger partial charge in [0.15, 0.2) is 9.75 Å². The molecule has 1 saturated carbocycles. The van der Waals surface area contributed by atoms with Crippen molar-refractivity contribution in [3.8, 4) is 0 Å². The molecule has 1 fully saturated rings. The maximum atomic E-state index is 12.5. The second kappa shape index (κ2) is 9.25. The normalized spacial score (nSPS) is 23.4. The van der Waals surface area contributed by atoms with Crippen LogP contribution in [0.4, 0.5) is 0 Å². The van der Waals surface area contributed by atoms with Gasteiger partial charge in [0.05, 0.1) is 13.2 Å². The van der Waals surface area contributed by atoms with Gasteiger partial charge in [-0.2, -0.15) is 0 Å². The number of esters is 2. The smallest absolute Gasteiger partial charge is 0.323 e. The molecule has 0 aromatic heterocycles. The average molecular weight is 477 g/mol. The van der Waals surface area contributed by atoms with Crippen LogP contribution in [0.5, 0.6) is 0 Å². The van der Waals surface area contributed by atoms with E-state index in [1.165, 1.54) is 0 Å². The van der Waals surface area contributed by atoms with E-state index in [1.807, 2.05) is 0 Å². The van der Waals surface area contributed by atoms with Crippen LogP contribution in [0.1, 0.15) is 33.1 Å². The highest BCUT2D eigenvalue weighted by molar-refractivity contribution is 6.75. The molecule has 4 nitrogen and oxygen atoms in total. The first kappa shape index (κ1) is 23.7. The number of hydrogen-bond donors (Lipinski definition) is 0. The highest BCUT2D eigenvalue weighted by Crippen LogP contribution is 2.56. The van der Waals surface area contributed by atoms with Crippen LogP contribution < -0.4 is 0 Å². The number of ether oxygens (including phenoxy) is 2. The van der Waals surface area contributed by atoms with Crippen molar-refractivity contribution in [3.63, 3.8) is 0 Å². The number of carbonyl (C=O) groups excluding carboxylic acids is 2. The number of hydrogen-bond acceptors (Lipinski definition) is 4. The summed E-state index contributed by atoms with van der Waals surface area (Å²) >= 11 is 35.9. The second-order valence-electron chi connectivity index (χ2n) is 6.01. The average Bonchev–Trinajstić information content (AvgIpc) is 2.86. The summed E-state index contributed by atoms with van der Waals surface area (Å²) in [5.74, 6) is -1.66. The molecule has 0 saturated heterocycles. The minimum atomic E-state index is -1.94. The number of alkyl halides is 6. The molecule has 0 radical (unpaired) electrons. The third kappa shape index (κ3) is 5.36. The highest BCUT2D eigenvalue weighted by Gasteiger charge is 2.59. The molecule has 2 unspecified atom stereocenters. The van der Waals surface area contributed by atoms with Crippen LogP contribution in [-0.4, -0.2) is 39.2 Å². The van der Waals surface area contributed by atoms with E-state index < -0.39 is 25.5 Å². The topological polar surface area (TPSA) is 52.6 Å². The summed E-state index contributed by atoms with van der Waals surface area (Å²) in [4.78, 5) is 25.1. The van der Waals surface area contributed by atoms with Gasteiger partial charge in [0, 0.05) is 5.88 Å². The molecule has 10 heteroatoms. The van der Waals surface area contributed by atoms with Gasteiger partial charge in [-0.1, -0.05) is 58.0 Å². The Morgan fingerprint density at radius 2 is 1.40 bits per heavy atom. The Kier molecular flexibility index (Phi) is 8.78. The van der Waals surface area contributed by atoms with E-state index in [9.17, 15) is 9.59 Å². The van der Waals surface area contributed by atoms with Crippen LogP contribution in [-0.2, 0) is 19.1 Å². The van der Waals surface area contributed by atoms with Gasteiger partial charge in [-0.05, 0) is 44.9 Å². The van der Waals surface area contributed by atoms with Gasteiger partial charge < -0.3 is 9.47 Å². The first-order valence-electron chi connectivity index (χ1n) is 7.80. The van der Waals surface area contributed by atoms with Crippen LogP contribution in [0.3, 0.4) is 0 Å². The zero-order valence-corrected chi connectivity index (χ0v) is 18.3. The molecule has 0 aromatic rings. The fraction of sp³-hybridized carbons (Fsp3) is 0.867. The van der Waals surface area contributed by atoms with E-state index in [1.54, 1.807) is 13.8 Å². The van der Waals surface area contributed by atoms with Crippen molar-refractivity contribution in [3.05, 3.63) is 0 Å². The van der Waals surface area contributed by atoms with Gasteiger partial charge in [-0.15, -0.1) is 11.6 Å². The highest BCUT2D eigenvalue weighted by atomic mass is 35.6. The lowest BCUT2D eigenvalue weighted by molar-refractivity contribution is -0.172. The van der Waals surface area contributed by atoms with E-state index in [0.717, 1.165) is 0 Å². The van der Waals surface area contributed by atoms with Crippen LogP contribution >= 0.6 is 69.6 Å². The minimum Gasteiger partial charge on any atom is -0.465 e. The van der Waals surface area contributed by atoms with E-state index in [0.29, 0.717) is 0 Å². The quantitative estimate of drug-likeness (QED) is 0.284. The van der Waals surface area contributed by atoms with Crippen molar-refractivity contribution in [2.75, 3.05) is 19.1 Å². The Balaban J connectivity index is 3.15. The minimum absolute atomic E-state index is 0.0462. The molecule has 146 valence electrons. The summed E-state index contributed by atoms with van der Waals surface area (Å²) in [5.41, 5.74) is -1.45. The van der Waals surface area contributed by atoms with Gasteiger partial charge in [0.25, 0.3) is 0 Å². The van der Waals surface area contributed by atoms with Gasteiger partial charge in [-0.25, -0.2) is 0 Å². The third-order valence-corrected chi connectivity index (χ3v) is 7.17. The molecular formula is C15H20Cl6O4. The van der Waals surface area contributed by atoms with Crippen molar-refractivity contribution in [2.24, 2.45) is 17.3 Å². The van der Waals surface area contributed by atoms with Crippen LogP contribution in [0, 0.1) is 17.3 Å². The molecule has 25 heavy (non-hydrogen) atoms. The SMILES string of the molecule is CCOC(=O)C1(C(=O)OCC)CC(CCl)C(CC(Cl)(Cl)C(Cl)(Cl)Cl)C1. The van der Waals surface area contributed by atoms with Crippen molar-refractivity contribution in [2.45, 2.75) is 41.2 Å². The lowest BCUT2D eigenvalue weighted by Crippen LogP contribution is -2.40. The monoisotopic (exact) mass is 474 g/mol. The molecule has 2 atom stereocenters. The zero-order valence-electron chi connectivity index (χ0n) is 13.8. The molecular weight excluding hydrogens is 457 g/mol. The van der Waals surface area contributed by atoms with Gasteiger partial charge in [0.1, 0.15) is 0 Å². The fourth-order valence-corrected chi connectivity index (χ4v) is 4.12. The molecule has 0 aliphatic heterocycles. The summed E-state index contributed by atoms with van der Waals surface area (Å²) in [5, 5.41) is 0. The zero-order chi connectivity index (χ0) is 19.5. The predicted octanol–water partition coefficient (Wildman–Crippen LogP) is 5.30. The molecule has 0 aromatic carbocycles. The summed E-state index contributed by atoms with van der Waals surface area (Å²) in [6.07, 6.45) is 0.330. The Morgan fingerprint density at radius 1 is 0.960 bits per heavy atom. The van der Waals surface area contributed by atoms with Crippen LogP contribution in [0.15, 0.2) is 0 Å². The maximum Gasteiger partial charge on any atom is 0.323 e. The first-order chi connectivity index (χ1) is 11.4. The standard InChI is InChI=1S/C15H20Cl6O4/c1-3-24-11(22)13(12(23)25-4-2)5-9(10(6-13)8-16)7-14(17,18)15(19,20)21/h9-10H,3-8H2,1-2H3. The first-order valence-corrected chi connectivity index (χ1v) is 10.2. The van der Waals surface area contributed by atoms with Crippen molar-refractivity contribution in [1.82, 2.24) is 0 Å². The largest absolute Gasteiger partial charge is 0.465 e. The summed E-state index contributed by atoms with van der Waals surface area (Å²) in [6, 6.07) is 0. The molecule has 0 spiro atoms. The van der Waals surface area contributed by atoms with Crippen molar-refractivity contribution in [1.29, 1.82) is 0 Å². The lowest BCUT2D eigenvalue weighted by Gasteiger charge is -2.31. The van der Waals surface area contributed by atoms with E-state index >= 15 is 0 Å². The molecule has 0 amide bonds. The summed E-state index contributed by atoms with van der Waals surface area (Å²) in [7, 11) is 0. The Labute approximate surface area is 177 Å². The molecule has 0 N–H and O–H groups in total. The molecule has 0 heterocycles. The van der Waals surface area contributed by atoms with Crippen LogP contribution in [0.25, 0.3) is 0 Å². The Morgan fingerprint density at radius 3 is 1.76 bits per heavy atom. The van der Waals surface area contributed by atoms with Gasteiger partial charge >= 0.3 is 11.9 Å². The maximum absolute atomic E-state index is 12.5. The Bertz CT molecular complexity index is 473. The molecule has 1 aliphatic rings. The third-order valence-electron chi connectivity index (χ3n) is 4.35. The fourth-order valence-electron chi connectivity index (χ4n) is 3.13. The van der Waals surface area contributed by atoms with E-state index in [2.05, 4.69) is 0 Å². The number of rotatable bonds is 7. The number of carbonyl (C=O) groups is 2. The van der Waals surface area contributed by atoms with E-state index in [-0.39, 0.29) is 50.2 Å². The predicted molar refractivity (Wildman–Crippen MR) is 102 cm³/mol. The van der Waals surface area contributed by atoms with Crippen molar-refractivity contribution >= 4 is 81.5 Å². The summed E-state index contributed by atoms with van der Waals surface area (Å²) in [6.45, 7) is 3.60. The van der Waals surface area contributed by atoms with E-state index in [4.69, 9.17) is 79.1 Å². The molecule has 1 rings (SSSR count). The Hall–Kier alpha value is 0.680.